The van der Waals surface area contributed by atoms with Gasteiger partial charge in [0, 0.05) is 7.05 Å². The average molecular weight is 279 g/mol. The lowest BCUT2D eigenvalue weighted by molar-refractivity contribution is -0.145. The average Bonchev–Trinajstić information content (AvgIpc) is 2.68. The Balaban J connectivity index is 2.20. The number of aromatic nitrogens is 2. The predicted molar refractivity (Wildman–Crippen MR) is 73.4 cm³/mol. The molecule has 1 heterocycles. The first-order valence-electron chi connectivity index (χ1n) is 6.89. The van der Waals surface area contributed by atoms with Crippen LogP contribution in [-0.4, -0.2) is 32.3 Å². The van der Waals surface area contributed by atoms with Crippen LogP contribution in [-0.2, 0) is 11.8 Å². The van der Waals surface area contributed by atoms with Crippen molar-refractivity contribution in [2.45, 2.75) is 45.1 Å². The minimum atomic E-state index is -0.839. The third-order valence-corrected chi connectivity index (χ3v) is 4.14. The molecule has 20 heavy (non-hydrogen) atoms. The van der Waals surface area contributed by atoms with Gasteiger partial charge in [0.15, 0.2) is 0 Å². The molecule has 0 aromatic carbocycles. The highest BCUT2D eigenvalue weighted by molar-refractivity contribution is 5.93. The SMILES string of the molecule is Cc1cc(C(=O)NC2(C)CCCCC2C(=O)O)n(C)n1. The van der Waals surface area contributed by atoms with Gasteiger partial charge < -0.3 is 10.4 Å². The fraction of sp³-hybridized carbons (Fsp3) is 0.643. The lowest BCUT2D eigenvalue weighted by Crippen LogP contribution is -2.55. The second kappa shape index (κ2) is 5.26. The zero-order valence-corrected chi connectivity index (χ0v) is 12.1. The van der Waals surface area contributed by atoms with E-state index in [1.165, 1.54) is 4.68 Å². The molecule has 1 fully saturated rings. The molecule has 6 heteroatoms. The molecule has 2 atom stereocenters. The van der Waals surface area contributed by atoms with Crippen molar-refractivity contribution in [3.63, 3.8) is 0 Å². The van der Waals surface area contributed by atoms with Crippen LogP contribution >= 0.6 is 0 Å². The molecule has 0 bridgehead atoms. The van der Waals surface area contributed by atoms with Crippen LogP contribution in [0.15, 0.2) is 6.07 Å². The molecule has 2 N–H and O–H groups in total. The summed E-state index contributed by atoms with van der Waals surface area (Å²) in [4.78, 5) is 23.7. The molecule has 1 aliphatic carbocycles. The predicted octanol–water partition coefficient (Wildman–Crippen LogP) is 1.49. The van der Waals surface area contributed by atoms with Crippen molar-refractivity contribution < 1.29 is 14.7 Å². The number of carboxylic acid groups (broad SMARTS) is 1. The van der Waals surface area contributed by atoms with E-state index >= 15 is 0 Å². The summed E-state index contributed by atoms with van der Waals surface area (Å²) < 4.78 is 1.52. The van der Waals surface area contributed by atoms with Crippen molar-refractivity contribution in [2.75, 3.05) is 0 Å². The first-order chi connectivity index (χ1) is 9.33. The summed E-state index contributed by atoms with van der Waals surface area (Å²) in [6.07, 6.45) is 3.13. The molecule has 110 valence electrons. The van der Waals surface area contributed by atoms with E-state index in [1.807, 2.05) is 13.8 Å². The van der Waals surface area contributed by atoms with Gasteiger partial charge in [0.25, 0.3) is 5.91 Å². The number of aryl methyl sites for hydroxylation is 2. The Morgan fingerprint density at radius 3 is 2.75 bits per heavy atom. The molecule has 2 rings (SSSR count). The number of nitrogens with zero attached hydrogens (tertiary/aromatic N) is 2. The van der Waals surface area contributed by atoms with Crippen molar-refractivity contribution in [1.82, 2.24) is 15.1 Å². The summed E-state index contributed by atoms with van der Waals surface area (Å²) in [6.45, 7) is 3.64. The van der Waals surface area contributed by atoms with Crippen LogP contribution in [0.3, 0.4) is 0 Å². The molecular weight excluding hydrogens is 258 g/mol. The molecule has 1 aliphatic rings. The third-order valence-electron chi connectivity index (χ3n) is 4.14. The maximum absolute atomic E-state index is 12.4. The maximum atomic E-state index is 12.4. The van der Waals surface area contributed by atoms with Crippen LogP contribution < -0.4 is 5.32 Å². The number of hydrogen-bond acceptors (Lipinski definition) is 3. The zero-order valence-electron chi connectivity index (χ0n) is 12.1. The molecule has 0 saturated heterocycles. The van der Waals surface area contributed by atoms with E-state index in [2.05, 4.69) is 10.4 Å². The number of rotatable bonds is 3. The molecular formula is C14H21N3O3. The van der Waals surface area contributed by atoms with Crippen molar-refractivity contribution in [1.29, 1.82) is 0 Å². The van der Waals surface area contributed by atoms with E-state index in [1.54, 1.807) is 13.1 Å². The van der Waals surface area contributed by atoms with Gasteiger partial charge in [0.1, 0.15) is 5.69 Å². The van der Waals surface area contributed by atoms with E-state index in [0.29, 0.717) is 18.5 Å². The van der Waals surface area contributed by atoms with E-state index in [4.69, 9.17) is 0 Å². The quantitative estimate of drug-likeness (QED) is 0.878. The molecule has 1 aromatic rings. The van der Waals surface area contributed by atoms with Crippen LogP contribution in [0, 0.1) is 12.8 Å². The second-order valence-corrected chi connectivity index (χ2v) is 5.80. The van der Waals surface area contributed by atoms with Gasteiger partial charge in [-0.15, -0.1) is 0 Å². The van der Waals surface area contributed by atoms with Crippen molar-refractivity contribution in [2.24, 2.45) is 13.0 Å². The van der Waals surface area contributed by atoms with Gasteiger partial charge in [-0.05, 0) is 32.8 Å². The van der Waals surface area contributed by atoms with Gasteiger partial charge in [-0.3, -0.25) is 14.3 Å². The van der Waals surface area contributed by atoms with Crippen molar-refractivity contribution in [3.05, 3.63) is 17.5 Å². The van der Waals surface area contributed by atoms with E-state index in [-0.39, 0.29) is 5.91 Å². The number of amides is 1. The fourth-order valence-electron chi connectivity index (χ4n) is 3.03. The van der Waals surface area contributed by atoms with Crippen molar-refractivity contribution in [3.8, 4) is 0 Å². The summed E-state index contributed by atoms with van der Waals surface area (Å²) in [6, 6.07) is 1.71. The summed E-state index contributed by atoms with van der Waals surface area (Å²) in [5, 5.41) is 16.4. The monoisotopic (exact) mass is 279 g/mol. The Hall–Kier alpha value is -1.85. The standard InChI is InChI=1S/C14H21N3O3/c1-9-8-11(17(3)16-9)12(18)15-14(2)7-5-4-6-10(14)13(19)20/h8,10H,4-7H2,1-3H3,(H,15,18)(H,19,20). The van der Waals surface area contributed by atoms with Crippen LogP contribution in [0.1, 0.15) is 48.8 Å². The van der Waals surface area contributed by atoms with Gasteiger partial charge in [0.05, 0.1) is 17.2 Å². The van der Waals surface area contributed by atoms with Crippen LogP contribution in [0.2, 0.25) is 0 Å². The number of aliphatic carboxylic acids is 1. The molecule has 1 amide bonds. The Morgan fingerprint density at radius 2 is 2.20 bits per heavy atom. The fourth-order valence-corrected chi connectivity index (χ4v) is 3.03. The highest BCUT2D eigenvalue weighted by Gasteiger charge is 2.42. The first kappa shape index (κ1) is 14.6. The van der Waals surface area contributed by atoms with Crippen LogP contribution in [0.25, 0.3) is 0 Å². The summed E-state index contributed by atoms with van der Waals surface area (Å²) in [5.41, 5.74) is 0.527. The summed E-state index contributed by atoms with van der Waals surface area (Å²) in [7, 11) is 1.71. The Labute approximate surface area is 118 Å². The number of nitrogens with one attached hydrogen (secondary N) is 1. The molecule has 2 unspecified atom stereocenters. The normalized spacial score (nSPS) is 26.2. The highest BCUT2D eigenvalue weighted by Crippen LogP contribution is 2.34. The topological polar surface area (TPSA) is 84.2 Å². The molecule has 0 spiro atoms. The Morgan fingerprint density at radius 1 is 1.50 bits per heavy atom. The van der Waals surface area contributed by atoms with Crippen molar-refractivity contribution >= 4 is 11.9 Å². The number of carbonyl (C=O) groups excluding carboxylic acids is 1. The number of carbonyl (C=O) groups is 2. The zero-order chi connectivity index (χ0) is 14.9. The molecule has 6 nitrogen and oxygen atoms in total. The molecule has 1 aromatic heterocycles. The number of carboxylic acids is 1. The maximum Gasteiger partial charge on any atom is 0.308 e. The minimum absolute atomic E-state index is 0.260. The van der Waals surface area contributed by atoms with E-state index in [9.17, 15) is 14.7 Å². The summed E-state index contributed by atoms with van der Waals surface area (Å²) >= 11 is 0. The van der Waals surface area contributed by atoms with Crippen LogP contribution in [0.4, 0.5) is 0 Å². The number of hydrogen-bond donors (Lipinski definition) is 2. The third kappa shape index (κ3) is 2.69. The Kier molecular flexibility index (Phi) is 3.83. The lowest BCUT2D eigenvalue weighted by Gasteiger charge is -2.39. The van der Waals surface area contributed by atoms with Crippen LogP contribution in [0.5, 0.6) is 0 Å². The van der Waals surface area contributed by atoms with Gasteiger partial charge in [0.2, 0.25) is 0 Å². The second-order valence-electron chi connectivity index (χ2n) is 5.80. The largest absolute Gasteiger partial charge is 0.481 e. The van der Waals surface area contributed by atoms with Gasteiger partial charge in [-0.1, -0.05) is 12.8 Å². The lowest BCUT2D eigenvalue weighted by atomic mass is 9.74. The highest BCUT2D eigenvalue weighted by atomic mass is 16.4. The first-order valence-corrected chi connectivity index (χ1v) is 6.89. The molecule has 0 radical (unpaired) electrons. The summed E-state index contributed by atoms with van der Waals surface area (Å²) in [5.74, 6) is -1.63. The van der Waals surface area contributed by atoms with Gasteiger partial charge in [-0.25, -0.2) is 0 Å². The minimum Gasteiger partial charge on any atom is -0.481 e. The van der Waals surface area contributed by atoms with Gasteiger partial charge >= 0.3 is 5.97 Å². The van der Waals surface area contributed by atoms with Gasteiger partial charge in [-0.2, -0.15) is 5.10 Å². The molecule has 0 aliphatic heterocycles. The van der Waals surface area contributed by atoms with E-state index in [0.717, 1.165) is 18.5 Å². The smallest absolute Gasteiger partial charge is 0.308 e. The van der Waals surface area contributed by atoms with E-state index < -0.39 is 17.4 Å². The Bertz CT molecular complexity index is 538. The molecule has 1 saturated carbocycles.